The van der Waals surface area contributed by atoms with E-state index >= 15 is 0 Å². The zero-order chi connectivity index (χ0) is 16.6. The minimum Gasteiger partial charge on any atom is -0.478 e. The van der Waals surface area contributed by atoms with Crippen LogP contribution in [0.1, 0.15) is 20.1 Å². The standard InChI is InChI=1S/C16H11NO3S3/c1-9-2-7-12(22-9)8-13-14(18)17(16(21)23-13)11-5-3-10(4-6-11)15(19)20/h2-8H,1H3,(H,19,20)/b13-8-. The first-order valence-corrected chi connectivity index (χ1v) is 8.67. The maximum Gasteiger partial charge on any atom is 0.335 e. The van der Waals surface area contributed by atoms with Crippen molar-refractivity contribution < 1.29 is 14.7 Å². The highest BCUT2D eigenvalue weighted by Gasteiger charge is 2.33. The first kappa shape index (κ1) is 15.9. The molecule has 1 aliphatic heterocycles. The van der Waals surface area contributed by atoms with Crippen LogP contribution in [0.2, 0.25) is 0 Å². The summed E-state index contributed by atoms with van der Waals surface area (Å²) in [4.78, 5) is 27.7. The summed E-state index contributed by atoms with van der Waals surface area (Å²) in [6.45, 7) is 2.01. The Hall–Kier alpha value is -1.96. The van der Waals surface area contributed by atoms with Crippen LogP contribution in [0.3, 0.4) is 0 Å². The average Bonchev–Trinajstić information content (AvgIpc) is 3.03. The second-order valence-corrected chi connectivity index (χ2v) is 7.81. The van der Waals surface area contributed by atoms with E-state index in [1.807, 2.05) is 25.1 Å². The van der Waals surface area contributed by atoms with Gasteiger partial charge in [0, 0.05) is 9.75 Å². The topological polar surface area (TPSA) is 57.6 Å². The first-order valence-electron chi connectivity index (χ1n) is 6.63. The third-order valence-corrected chi connectivity index (χ3v) is 5.45. The van der Waals surface area contributed by atoms with Crippen LogP contribution in [-0.4, -0.2) is 21.3 Å². The first-order chi connectivity index (χ1) is 11.0. The van der Waals surface area contributed by atoms with Crippen LogP contribution in [0.25, 0.3) is 6.08 Å². The number of thioether (sulfide) groups is 1. The normalized spacial score (nSPS) is 16.4. The van der Waals surface area contributed by atoms with Crippen LogP contribution in [0.4, 0.5) is 5.69 Å². The van der Waals surface area contributed by atoms with Gasteiger partial charge in [0.15, 0.2) is 4.32 Å². The number of amides is 1. The molecule has 23 heavy (non-hydrogen) atoms. The molecule has 2 heterocycles. The van der Waals surface area contributed by atoms with Gasteiger partial charge in [-0.2, -0.15) is 0 Å². The van der Waals surface area contributed by atoms with E-state index in [0.29, 0.717) is 14.9 Å². The van der Waals surface area contributed by atoms with E-state index in [2.05, 4.69) is 0 Å². The molecule has 3 rings (SSSR count). The van der Waals surface area contributed by atoms with Crippen LogP contribution in [0.5, 0.6) is 0 Å². The second kappa shape index (κ2) is 6.27. The van der Waals surface area contributed by atoms with E-state index < -0.39 is 5.97 Å². The van der Waals surface area contributed by atoms with E-state index in [4.69, 9.17) is 17.3 Å². The fraction of sp³-hybridized carbons (Fsp3) is 0.0625. The van der Waals surface area contributed by atoms with Crippen molar-refractivity contribution in [1.82, 2.24) is 0 Å². The molecule has 7 heteroatoms. The summed E-state index contributed by atoms with van der Waals surface area (Å²) in [5.41, 5.74) is 0.743. The zero-order valence-corrected chi connectivity index (χ0v) is 14.4. The predicted molar refractivity (Wildman–Crippen MR) is 98.1 cm³/mol. The number of carbonyl (C=O) groups excluding carboxylic acids is 1. The number of anilines is 1. The number of carboxylic acids is 1. The third kappa shape index (κ3) is 3.21. The van der Waals surface area contributed by atoms with Crippen molar-refractivity contribution in [2.24, 2.45) is 0 Å². The molecule has 1 aromatic carbocycles. The Labute approximate surface area is 146 Å². The maximum absolute atomic E-state index is 12.6. The molecule has 116 valence electrons. The fourth-order valence-corrected chi connectivity index (χ4v) is 4.29. The molecule has 0 spiro atoms. The van der Waals surface area contributed by atoms with Crippen molar-refractivity contribution in [2.75, 3.05) is 4.90 Å². The number of hydrogen-bond donors (Lipinski definition) is 1. The lowest BCUT2D eigenvalue weighted by atomic mass is 10.2. The molecule has 1 aliphatic rings. The highest BCUT2D eigenvalue weighted by atomic mass is 32.2. The van der Waals surface area contributed by atoms with Gasteiger partial charge in [-0.25, -0.2) is 4.79 Å². The van der Waals surface area contributed by atoms with E-state index in [1.54, 1.807) is 23.5 Å². The summed E-state index contributed by atoms with van der Waals surface area (Å²) in [6.07, 6.45) is 1.84. The SMILES string of the molecule is Cc1ccc(/C=C2\SC(=S)N(c3ccc(C(=O)O)cc3)C2=O)s1. The fourth-order valence-electron chi connectivity index (χ4n) is 2.10. The third-order valence-electron chi connectivity index (χ3n) is 3.20. The molecule has 0 aliphatic carbocycles. The predicted octanol–water partition coefficient (Wildman–Crippen LogP) is 4.16. The molecule has 1 aromatic heterocycles. The molecule has 1 saturated heterocycles. The van der Waals surface area contributed by atoms with E-state index in [9.17, 15) is 9.59 Å². The van der Waals surface area contributed by atoms with Crippen molar-refractivity contribution in [2.45, 2.75) is 6.92 Å². The molecule has 4 nitrogen and oxygen atoms in total. The van der Waals surface area contributed by atoms with E-state index in [1.165, 1.54) is 33.7 Å². The van der Waals surface area contributed by atoms with Crippen molar-refractivity contribution >= 4 is 63.3 Å². The Balaban J connectivity index is 1.89. The van der Waals surface area contributed by atoms with Gasteiger partial charge in [0.1, 0.15) is 0 Å². The lowest BCUT2D eigenvalue weighted by Crippen LogP contribution is -2.27. The zero-order valence-electron chi connectivity index (χ0n) is 12.0. The Bertz CT molecular complexity index is 837. The smallest absolute Gasteiger partial charge is 0.335 e. The minimum absolute atomic E-state index is 0.170. The number of aromatic carboxylic acids is 1. The van der Waals surface area contributed by atoms with Gasteiger partial charge in [-0.15, -0.1) is 11.3 Å². The summed E-state index contributed by atoms with van der Waals surface area (Å²) in [6, 6.07) is 10.1. The van der Waals surface area contributed by atoms with Crippen LogP contribution in [0, 0.1) is 6.92 Å². The van der Waals surface area contributed by atoms with Gasteiger partial charge >= 0.3 is 5.97 Å². The number of carbonyl (C=O) groups is 2. The number of aryl methyl sites for hydroxylation is 1. The van der Waals surface area contributed by atoms with E-state index in [0.717, 1.165) is 4.88 Å². The number of benzene rings is 1. The van der Waals surface area contributed by atoms with Gasteiger partial charge < -0.3 is 5.11 Å². The Morgan fingerprint density at radius 3 is 2.48 bits per heavy atom. The number of thiophene rings is 1. The van der Waals surface area contributed by atoms with Gasteiger partial charge in [0.2, 0.25) is 0 Å². The van der Waals surface area contributed by atoms with Crippen LogP contribution < -0.4 is 4.90 Å². The molecule has 1 amide bonds. The summed E-state index contributed by atoms with van der Waals surface area (Å²) in [5, 5.41) is 8.93. The molecule has 0 radical (unpaired) electrons. The Morgan fingerprint density at radius 2 is 1.91 bits per heavy atom. The molecular weight excluding hydrogens is 350 g/mol. The molecule has 1 fully saturated rings. The van der Waals surface area contributed by atoms with Crippen LogP contribution >= 0.6 is 35.3 Å². The van der Waals surface area contributed by atoms with Crippen molar-refractivity contribution in [3.8, 4) is 0 Å². The number of nitrogens with zero attached hydrogens (tertiary/aromatic N) is 1. The molecular formula is C16H11NO3S3. The summed E-state index contributed by atoms with van der Waals surface area (Å²) >= 11 is 8.16. The van der Waals surface area contributed by atoms with Gasteiger partial charge in [-0.05, 0) is 49.4 Å². The monoisotopic (exact) mass is 361 g/mol. The number of hydrogen-bond acceptors (Lipinski definition) is 5. The largest absolute Gasteiger partial charge is 0.478 e. The number of carboxylic acid groups (broad SMARTS) is 1. The average molecular weight is 361 g/mol. The van der Waals surface area contributed by atoms with Gasteiger partial charge in [0.25, 0.3) is 5.91 Å². The molecule has 2 aromatic rings. The quantitative estimate of drug-likeness (QED) is 0.657. The van der Waals surface area contributed by atoms with Crippen LogP contribution in [0.15, 0.2) is 41.3 Å². The van der Waals surface area contributed by atoms with E-state index in [-0.39, 0.29) is 11.5 Å². The van der Waals surface area contributed by atoms with Crippen molar-refractivity contribution in [3.63, 3.8) is 0 Å². The minimum atomic E-state index is -1.00. The molecule has 0 saturated carbocycles. The van der Waals surface area contributed by atoms with Gasteiger partial charge in [-0.1, -0.05) is 24.0 Å². The molecule has 1 N–H and O–H groups in total. The lowest BCUT2D eigenvalue weighted by molar-refractivity contribution is -0.113. The lowest BCUT2D eigenvalue weighted by Gasteiger charge is -2.14. The van der Waals surface area contributed by atoms with Gasteiger partial charge in [0.05, 0.1) is 16.2 Å². The van der Waals surface area contributed by atoms with Crippen molar-refractivity contribution in [3.05, 3.63) is 56.6 Å². The van der Waals surface area contributed by atoms with Crippen LogP contribution in [-0.2, 0) is 4.79 Å². The highest BCUT2D eigenvalue weighted by Crippen LogP contribution is 2.36. The maximum atomic E-state index is 12.6. The number of thiocarbonyl (C=S) groups is 1. The Kier molecular flexibility index (Phi) is 4.34. The molecule has 0 unspecified atom stereocenters. The highest BCUT2D eigenvalue weighted by molar-refractivity contribution is 8.27. The molecule has 0 bridgehead atoms. The summed E-state index contributed by atoms with van der Waals surface area (Å²) in [5.74, 6) is -1.19. The van der Waals surface area contributed by atoms with Gasteiger partial charge in [-0.3, -0.25) is 9.69 Å². The Morgan fingerprint density at radius 1 is 1.22 bits per heavy atom. The summed E-state index contributed by atoms with van der Waals surface area (Å²) in [7, 11) is 0. The summed E-state index contributed by atoms with van der Waals surface area (Å²) < 4.78 is 0.442. The second-order valence-electron chi connectivity index (χ2n) is 4.82. The molecule has 0 atom stereocenters. The number of rotatable bonds is 3. The van der Waals surface area contributed by atoms with Crippen molar-refractivity contribution in [1.29, 1.82) is 0 Å².